The fourth-order valence-electron chi connectivity index (χ4n) is 2.06. The van der Waals surface area contributed by atoms with Gasteiger partial charge < -0.3 is 10.2 Å². The van der Waals surface area contributed by atoms with E-state index in [1.807, 2.05) is 0 Å². The van der Waals surface area contributed by atoms with Gasteiger partial charge in [0.25, 0.3) is 0 Å². The maximum Gasteiger partial charge on any atom is 1.00 e. The molecule has 0 unspecified atom stereocenters. The van der Waals surface area contributed by atoms with E-state index in [2.05, 4.69) is 52.8 Å². The van der Waals surface area contributed by atoms with Gasteiger partial charge in [0.2, 0.25) is 0 Å². The predicted octanol–water partition coefficient (Wildman–Crippen LogP) is -0.0492. The van der Waals surface area contributed by atoms with E-state index in [4.69, 9.17) is 10.2 Å². The number of aliphatic carboxylic acids is 2. The molecule has 0 fully saturated rings. The van der Waals surface area contributed by atoms with Crippen LogP contribution in [-0.2, 0) is 15.0 Å². The molecular formula is C15H21NaO4. The first-order valence-electron chi connectivity index (χ1n) is 5.97. The van der Waals surface area contributed by atoms with Crippen molar-refractivity contribution in [2.24, 2.45) is 0 Å². The van der Waals surface area contributed by atoms with Gasteiger partial charge in [-0.15, -0.1) is 5.56 Å². The van der Waals surface area contributed by atoms with Crippen LogP contribution in [0.4, 0.5) is 0 Å². The van der Waals surface area contributed by atoms with E-state index in [0.29, 0.717) is 0 Å². The number of carbonyl (C=O) groups is 2. The zero-order valence-corrected chi connectivity index (χ0v) is 15.1. The summed E-state index contributed by atoms with van der Waals surface area (Å²) in [6.07, 6.45) is -0.806. The minimum Gasteiger partial charge on any atom is -0.481 e. The zero-order valence-electron chi connectivity index (χ0n) is 13.1. The van der Waals surface area contributed by atoms with E-state index in [-0.39, 0.29) is 35.0 Å². The third-order valence-corrected chi connectivity index (χ3v) is 2.44. The fourth-order valence-corrected chi connectivity index (χ4v) is 2.06. The first kappa shape index (κ1) is 21.5. The molecule has 0 atom stereocenters. The van der Waals surface area contributed by atoms with Crippen LogP contribution in [0.15, 0.2) is 12.1 Å². The Morgan fingerprint density at radius 1 is 1.05 bits per heavy atom. The summed E-state index contributed by atoms with van der Waals surface area (Å²) >= 11 is 0. The zero-order chi connectivity index (χ0) is 15.2. The van der Waals surface area contributed by atoms with Crippen molar-refractivity contribution in [2.75, 3.05) is 0 Å². The monoisotopic (exact) mass is 288 g/mol. The summed E-state index contributed by atoms with van der Waals surface area (Å²) in [6, 6.07) is 7.27. The summed E-state index contributed by atoms with van der Waals surface area (Å²) in [5, 5.41) is 15.4. The van der Waals surface area contributed by atoms with Gasteiger partial charge in [0.05, 0.1) is 0 Å². The van der Waals surface area contributed by atoms with Gasteiger partial charge in [-0.3, -0.25) is 9.59 Å². The number of hydrogen-bond acceptors (Lipinski definition) is 2. The maximum absolute atomic E-state index is 9.43. The van der Waals surface area contributed by atoms with Crippen molar-refractivity contribution in [3.05, 3.63) is 34.9 Å². The van der Waals surface area contributed by atoms with Gasteiger partial charge in [0.1, 0.15) is 6.42 Å². The Labute approximate surface area is 142 Å². The van der Waals surface area contributed by atoms with Crippen LogP contribution in [0.5, 0.6) is 0 Å². The Morgan fingerprint density at radius 2 is 1.40 bits per heavy atom. The van der Waals surface area contributed by atoms with Crippen LogP contribution in [-0.4, -0.2) is 22.2 Å². The molecule has 0 aromatic heterocycles. The molecular weight excluding hydrogens is 267 g/mol. The van der Waals surface area contributed by atoms with Crippen molar-refractivity contribution in [3.63, 3.8) is 0 Å². The standard InChI is InChI=1S/C12H17.C3H4O4.Na/c1-9-7-6-8-10(2)11(9)12(3,4)5;4-2(5)1-3(6)7;/h7-8H,1-5H3;1H2,(H,4,5)(H,6,7);/q-1;;+1. The second kappa shape index (κ2) is 9.16. The fraction of sp³-hybridized carbons (Fsp3) is 0.467. The molecule has 1 aromatic rings. The van der Waals surface area contributed by atoms with Crippen molar-refractivity contribution >= 4 is 11.9 Å². The molecule has 2 N–H and O–H groups in total. The first-order chi connectivity index (χ1) is 8.55. The average molecular weight is 288 g/mol. The third kappa shape index (κ3) is 8.35. The number of carboxylic acid groups (broad SMARTS) is 2. The van der Waals surface area contributed by atoms with Gasteiger partial charge in [-0.1, -0.05) is 34.6 Å². The second-order valence-corrected chi connectivity index (χ2v) is 5.41. The van der Waals surface area contributed by atoms with E-state index in [0.717, 1.165) is 0 Å². The molecule has 0 saturated carbocycles. The Balaban J connectivity index is 0. The predicted molar refractivity (Wildman–Crippen MR) is 73.3 cm³/mol. The largest absolute Gasteiger partial charge is 1.00 e. The summed E-state index contributed by atoms with van der Waals surface area (Å²) in [4.78, 5) is 18.9. The molecule has 0 saturated heterocycles. The third-order valence-electron chi connectivity index (χ3n) is 2.44. The summed E-state index contributed by atoms with van der Waals surface area (Å²) < 4.78 is 0. The Hall–Kier alpha value is -0.840. The van der Waals surface area contributed by atoms with Crippen LogP contribution < -0.4 is 29.6 Å². The van der Waals surface area contributed by atoms with Crippen LogP contribution in [0.1, 0.15) is 43.9 Å². The Morgan fingerprint density at radius 3 is 1.55 bits per heavy atom. The van der Waals surface area contributed by atoms with E-state index in [1.165, 1.54) is 16.7 Å². The van der Waals surface area contributed by atoms with Crippen LogP contribution >= 0.6 is 0 Å². The van der Waals surface area contributed by atoms with Crippen LogP contribution in [0.3, 0.4) is 0 Å². The SMILES string of the molecule is Cc1c[c-]cc(C)c1C(C)(C)C.O=C(O)CC(=O)O.[Na+]. The molecule has 0 bridgehead atoms. The molecule has 106 valence electrons. The van der Waals surface area contributed by atoms with Crippen LogP contribution in [0.2, 0.25) is 0 Å². The number of carboxylic acids is 2. The molecule has 0 heterocycles. The maximum atomic E-state index is 9.43. The van der Waals surface area contributed by atoms with Crippen LogP contribution in [0.25, 0.3) is 0 Å². The minimum atomic E-state index is -1.31. The van der Waals surface area contributed by atoms with Crippen molar-refractivity contribution in [1.29, 1.82) is 0 Å². The van der Waals surface area contributed by atoms with Gasteiger partial charge >= 0.3 is 41.5 Å². The Bertz CT molecular complexity index is 429. The van der Waals surface area contributed by atoms with Gasteiger partial charge in [-0.05, 0) is 5.41 Å². The molecule has 1 aromatic carbocycles. The average Bonchev–Trinajstić information content (AvgIpc) is 2.12. The molecule has 4 nitrogen and oxygen atoms in total. The van der Waals surface area contributed by atoms with Crippen molar-refractivity contribution in [1.82, 2.24) is 0 Å². The molecule has 0 aliphatic heterocycles. The molecule has 20 heavy (non-hydrogen) atoms. The summed E-state index contributed by atoms with van der Waals surface area (Å²) in [5.41, 5.74) is 4.41. The van der Waals surface area contributed by atoms with E-state index in [9.17, 15) is 9.59 Å². The van der Waals surface area contributed by atoms with Crippen molar-refractivity contribution in [3.8, 4) is 0 Å². The normalized spacial score (nSPS) is 9.85. The van der Waals surface area contributed by atoms with Crippen molar-refractivity contribution < 1.29 is 49.4 Å². The number of aryl methyl sites for hydroxylation is 2. The van der Waals surface area contributed by atoms with Gasteiger partial charge in [0, 0.05) is 0 Å². The number of benzene rings is 1. The first-order valence-corrected chi connectivity index (χ1v) is 5.97. The summed E-state index contributed by atoms with van der Waals surface area (Å²) in [5.74, 6) is -2.62. The summed E-state index contributed by atoms with van der Waals surface area (Å²) in [7, 11) is 0. The number of hydrogen-bond donors (Lipinski definition) is 2. The van der Waals surface area contributed by atoms with Gasteiger partial charge in [-0.2, -0.15) is 29.3 Å². The molecule has 0 amide bonds. The minimum absolute atomic E-state index is 0. The summed E-state index contributed by atoms with van der Waals surface area (Å²) in [6.45, 7) is 11.1. The van der Waals surface area contributed by atoms with E-state index in [1.54, 1.807) is 0 Å². The quantitative estimate of drug-likeness (QED) is 0.454. The molecule has 5 heteroatoms. The molecule has 0 spiro atoms. The van der Waals surface area contributed by atoms with Gasteiger partial charge in [-0.25, -0.2) is 0 Å². The molecule has 1 rings (SSSR count). The molecule has 0 aliphatic rings. The smallest absolute Gasteiger partial charge is 0.481 e. The van der Waals surface area contributed by atoms with Crippen LogP contribution in [0, 0.1) is 19.9 Å². The van der Waals surface area contributed by atoms with E-state index >= 15 is 0 Å². The topological polar surface area (TPSA) is 74.6 Å². The van der Waals surface area contributed by atoms with Gasteiger partial charge in [0.15, 0.2) is 0 Å². The van der Waals surface area contributed by atoms with Crippen molar-refractivity contribution in [2.45, 2.75) is 46.5 Å². The van der Waals surface area contributed by atoms with E-state index < -0.39 is 18.4 Å². The Kier molecular flexibility index (Phi) is 9.83. The molecule has 0 aliphatic carbocycles. The number of rotatable bonds is 2. The second-order valence-electron chi connectivity index (χ2n) is 5.41. The molecule has 0 radical (unpaired) electrons.